The van der Waals surface area contributed by atoms with Crippen molar-refractivity contribution in [3.8, 4) is 23.0 Å². The molecule has 0 aromatic heterocycles. The van der Waals surface area contributed by atoms with E-state index in [0.29, 0.717) is 34.4 Å². The maximum Gasteiger partial charge on any atom is 0.247 e. The predicted molar refractivity (Wildman–Crippen MR) is 141 cm³/mol. The molecule has 184 valence electrons. The van der Waals surface area contributed by atoms with E-state index in [9.17, 15) is 13.2 Å². The molecule has 4 rings (SSSR count). The third-order valence-electron chi connectivity index (χ3n) is 5.26. The van der Waals surface area contributed by atoms with Crippen molar-refractivity contribution in [1.29, 1.82) is 0 Å². The van der Waals surface area contributed by atoms with Gasteiger partial charge in [0.1, 0.15) is 29.0 Å². The Morgan fingerprint density at radius 3 is 1.56 bits per heavy atom. The zero-order valence-corrected chi connectivity index (χ0v) is 20.7. The Hall–Kier alpha value is -4.30. The summed E-state index contributed by atoms with van der Waals surface area (Å²) in [5.41, 5.74) is 0.875. The van der Waals surface area contributed by atoms with Crippen molar-refractivity contribution >= 4 is 27.3 Å². The van der Waals surface area contributed by atoms with Crippen LogP contribution in [0.1, 0.15) is 6.92 Å². The van der Waals surface area contributed by atoms with Gasteiger partial charge in [-0.25, -0.2) is 8.42 Å². The summed E-state index contributed by atoms with van der Waals surface area (Å²) in [6.45, 7) is 1.54. The third kappa shape index (κ3) is 6.43. The highest BCUT2D eigenvalue weighted by Crippen LogP contribution is 2.28. The predicted octanol–water partition coefficient (Wildman–Crippen LogP) is 6.06. The lowest BCUT2D eigenvalue weighted by molar-refractivity contribution is -0.116. The van der Waals surface area contributed by atoms with Crippen molar-refractivity contribution in [2.24, 2.45) is 0 Å². The van der Waals surface area contributed by atoms with Crippen molar-refractivity contribution in [2.45, 2.75) is 13.0 Å². The smallest absolute Gasteiger partial charge is 0.247 e. The van der Waals surface area contributed by atoms with E-state index >= 15 is 0 Å². The molecule has 7 nitrogen and oxygen atoms in total. The van der Waals surface area contributed by atoms with Gasteiger partial charge in [-0.1, -0.05) is 36.4 Å². The first-order valence-electron chi connectivity index (χ1n) is 11.3. The van der Waals surface area contributed by atoms with E-state index in [0.717, 1.165) is 10.6 Å². The molecular weight excluding hydrogens is 476 g/mol. The highest BCUT2D eigenvalue weighted by atomic mass is 32.2. The molecule has 0 bridgehead atoms. The van der Waals surface area contributed by atoms with Gasteiger partial charge in [0.2, 0.25) is 15.9 Å². The maximum absolute atomic E-state index is 13.0. The molecule has 0 radical (unpaired) electrons. The van der Waals surface area contributed by atoms with Crippen molar-refractivity contribution in [3.05, 3.63) is 109 Å². The summed E-state index contributed by atoms with van der Waals surface area (Å²) < 4.78 is 37.9. The topological polar surface area (TPSA) is 84.9 Å². The van der Waals surface area contributed by atoms with Gasteiger partial charge in [-0.2, -0.15) is 0 Å². The SMILES string of the molecule is C[C@H](C(=O)Nc1ccc(Oc2ccccc2)cc1)N(c1ccc(Oc2ccccc2)cc1)S(C)(=O)=O. The average Bonchev–Trinajstić information content (AvgIpc) is 2.87. The lowest BCUT2D eigenvalue weighted by atomic mass is 10.2. The molecule has 0 heterocycles. The lowest BCUT2D eigenvalue weighted by Gasteiger charge is -2.28. The average molecular weight is 503 g/mol. The summed E-state index contributed by atoms with van der Waals surface area (Å²) in [7, 11) is -3.76. The Morgan fingerprint density at radius 1 is 0.694 bits per heavy atom. The highest BCUT2D eigenvalue weighted by Gasteiger charge is 2.29. The van der Waals surface area contributed by atoms with Crippen LogP contribution in [-0.4, -0.2) is 26.6 Å². The fourth-order valence-electron chi connectivity index (χ4n) is 3.57. The summed E-state index contributed by atoms with van der Waals surface area (Å²) in [6.07, 6.45) is 1.07. The fraction of sp³-hybridized carbons (Fsp3) is 0.107. The third-order valence-corrected chi connectivity index (χ3v) is 6.50. The van der Waals surface area contributed by atoms with Crippen LogP contribution in [0.15, 0.2) is 109 Å². The van der Waals surface area contributed by atoms with Crippen LogP contribution in [0.2, 0.25) is 0 Å². The Balaban J connectivity index is 1.45. The number of nitrogens with one attached hydrogen (secondary N) is 1. The van der Waals surface area contributed by atoms with Crippen LogP contribution in [0.4, 0.5) is 11.4 Å². The van der Waals surface area contributed by atoms with Crippen LogP contribution in [-0.2, 0) is 14.8 Å². The zero-order chi connectivity index (χ0) is 25.5. The fourth-order valence-corrected chi connectivity index (χ4v) is 4.75. The van der Waals surface area contributed by atoms with E-state index in [1.807, 2.05) is 60.7 Å². The largest absolute Gasteiger partial charge is 0.457 e. The minimum atomic E-state index is -3.76. The van der Waals surface area contributed by atoms with Crippen molar-refractivity contribution < 1.29 is 22.7 Å². The number of sulfonamides is 1. The molecular formula is C28H26N2O5S. The van der Waals surface area contributed by atoms with Gasteiger partial charge in [0.05, 0.1) is 11.9 Å². The molecule has 1 amide bonds. The molecule has 36 heavy (non-hydrogen) atoms. The van der Waals surface area contributed by atoms with Crippen LogP contribution < -0.4 is 19.1 Å². The summed E-state index contributed by atoms with van der Waals surface area (Å²) >= 11 is 0. The van der Waals surface area contributed by atoms with Crippen LogP contribution in [0, 0.1) is 0 Å². The van der Waals surface area contributed by atoms with Gasteiger partial charge >= 0.3 is 0 Å². The number of ether oxygens (including phenoxy) is 2. The van der Waals surface area contributed by atoms with E-state index in [1.165, 1.54) is 6.92 Å². The summed E-state index contributed by atoms with van der Waals surface area (Å²) in [4.78, 5) is 13.0. The second kappa shape index (κ2) is 11.0. The number of para-hydroxylation sites is 2. The molecule has 0 spiro atoms. The monoisotopic (exact) mass is 502 g/mol. The molecule has 0 saturated heterocycles. The highest BCUT2D eigenvalue weighted by molar-refractivity contribution is 7.92. The quantitative estimate of drug-likeness (QED) is 0.301. The molecule has 0 aliphatic carbocycles. The van der Waals surface area contributed by atoms with E-state index in [4.69, 9.17) is 9.47 Å². The number of rotatable bonds is 9. The molecule has 0 saturated carbocycles. The second-order valence-electron chi connectivity index (χ2n) is 8.07. The number of benzene rings is 4. The number of hydrogen-bond donors (Lipinski definition) is 1. The molecule has 0 fully saturated rings. The molecule has 1 N–H and O–H groups in total. The number of hydrogen-bond acceptors (Lipinski definition) is 5. The Morgan fingerprint density at radius 2 is 1.11 bits per heavy atom. The van der Waals surface area contributed by atoms with Gasteiger partial charge in [-0.05, 0) is 79.7 Å². The number of carbonyl (C=O) groups is 1. The van der Waals surface area contributed by atoms with Crippen molar-refractivity contribution in [2.75, 3.05) is 15.9 Å². The molecule has 0 aliphatic rings. The Bertz CT molecular complexity index is 1390. The lowest BCUT2D eigenvalue weighted by Crippen LogP contribution is -2.45. The Labute approximate surface area is 211 Å². The number of nitrogens with zero attached hydrogens (tertiary/aromatic N) is 1. The normalized spacial score (nSPS) is 11.8. The molecule has 4 aromatic rings. The summed E-state index contributed by atoms with van der Waals surface area (Å²) in [6, 6.07) is 31.0. The van der Waals surface area contributed by atoms with Gasteiger partial charge in [0.15, 0.2) is 0 Å². The first-order valence-corrected chi connectivity index (χ1v) is 13.1. The van der Waals surface area contributed by atoms with Gasteiger partial charge < -0.3 is 14.8 Å². The first-order chi connectivity index (χ1) is 17.3. The van der Waals surface area contributed by atoms with E-state index in [1.54, 1.807) is 48.5 Å². The maximum atomic E-state index is 13.0. The van der Waals surface area contributed by atoms with Crippen molar-refractivity contribution in [3.63, 3.8) is 0 Å². The molecule has 4 aromatic carbocycles. The van der Waals surface area contributed by atoms with Gasteiger partial charge in [0.25, 0.3) is 0 Å². The van der Waals surface area contributed by atoms with Crippen LogP contribution >= 0.6 is 0 Å². The molecule has 0 aliphatic heterocycles. The van der Waals surface area contributed by atoms with Gasteiger partial charge in [-0.15, -0.1) is 0 Å². The minimum Gasteiger partial charge on any atom is -0.457 e. The minimum absolute atomic E-state index is 0.354. The molecule has 1 atom stereocenters. The molecule has 8 heteroatoms. The zero-order valence-electron chi connectivity index (χ0n) is 19.9. The number of anilines is 2. The van der Waals surface area contributed by atoms with Crippen molar-refractivity contribution in [1.82, 2.24) is 0 Å². The summed E-state index contributed by atoms with van der Waals surface area (Å²) in [5, 5.41) is 2.77. The van der Waals surface area contributed by atoms with Crippen LogP contribution in [0.3, 0.4) is 0 Å². The van der Waals surface area contributed by atoms with E-state index in [2.05, 4.69) is 5.32 Å². The van der Waals surface area contributed by atoms with Crippen LogP contribution in [0.5, 0.6) is 23.0 Å². The van der Waals surface area contributed by atoms with Crippen LogP contribution in [0.25, 0.3) is 0 Å². The molecule has 0 unspecified atom stereocenters. The van der Waals surface area contributed by atoms with E-state index < -0.39 is 22.0 Å². The second-order valence-corrected chi connectivity index (χ2v) is 9.93. The van der Waals surface area contributed by atoms with E-state index in [-0.39, 0.29) is 0 Å². The van der Waals surface area contributed by atoms with Gasteiger partial charge in [-0.3, -0.25) is 9.10 Å². The Kier molecular flexibility index (Phi) is 7.56. The number of carbonyl (C=O) groups excluding carboxylic acids is 1. The van der Waals surface area contributed by atoms with Gasteiger partial charge in [0, 0.05) is 5.69 Å². The summed E-state index contributed by atoms with van der Waals surface area (Å²) in [5.74, 6) is 2.06. The first kappa shape index (κ1) is 24.8. The standard InChI is InChI=1S/C28H26N2O5S/c1-21(28(31)29-22-13-17-26(18-14-22)34-24-9-5-3-6-10-24)30(36(2,32)33)23-15-19-27(20-16-23)35-25-11-7-4-8-12-25/h3-21H,1-2H3,(H,29,31)/t21-/m1/s1. The number of amides is 1.